The molecule has 0 spiro atoms. The van der Waals surface area contributed by atoms with Crippen molar-refractivity contribution >= 4 is 16.7 Å². The van der Waals surface area contributed by atoms with Crippen LogP contribution in [0.1, 0.15) is 54.9 Å². The zero-order valence-corrected chi connectivity index (χ0v) is 14.8. The van der Waals surface area contributed by atoms with Gasteiger partial charge in [0.25, 0.3) is 0 Å². The van der Waals surface area contributed by atoms with Crippen molar-refractivity contribution in [2.75, 3.05) is 0 Å². The summed E-state index contributed by atoms with van der Waals surface area (Å²) in [7, 11) is 0. The third kappa shape index (κ3) is 2.00. The van der Waals surface area contributed by atoms with Crippen LogP contribution in [0.4, 0.5) is 0 Å². The van der Waals surface area contributed by atoms with Crippen LogP contribution in [-0.4, -0.2) is 0 Å². The second-order valence-electron chi connectivity index (χ2n) is 7.28. The van der Waals surface area contributed by atoms with Crippen LogP contribution in [0.3, 0.4) is 0 Å². The minimum absolute atomic E-state index is 0.391. The van der Waals surface area contributed by atoms with Crippen LogP contribution in [0.25, 0.3) is 16.7 Å². The molecule has 2 aromatic carbocycles. The Morgan fingerprint density at radius 2 is 1.48 bits per heavy atom. The molecule has 3 aliphatic carbocycles. The second-order valence-corrected chi connectivity index (χ2v) is 7.28. The minimum atomic E-state index is 0.391. The van der Waals surface area contributed by atoms with Gasteiger partial charge in [-0.2, -0.15) is 0 Å². The van der Waals surface area contributed by atoms with Gasteiger partial charge < -0.3 is 0 Å². The lowest BCUT2D eigenvalue weighted by Crippen LogP contribution is -2.02. The molecule has 0 bridgehead atoms. The number of benzene rings is 2. The molecule has 122 valence electrons. The maximum atomic E-state index is 2.43. The van der Waals surface area contributed by atoms with Gasteiger partial charge in [0.05, 0.1) is 0 Å². The van der Waals surface area contributed by atoms with Gasteiger partial charge in [-0.3, -0.25) is 0 Å². The summed E-state index contributed by atoms with van der Waals surface area (Å²) in [6.45, 7) is 4.61. The fourth-order valence-electron chi connectivity index (χ4n) is 4.88. The molecule has 0 radical (unpaired) electrons. The Labute approximate surface area is 149 Å². The van der Waals surface area contributed by atoms with E-state index in [2.05, 4.69) is 80.6 Å². The van der Waals surface area contributed by atoms with Gasteiger partial charge in [0.2, 0.25) is 0 Å². The molecule has 0 nitrogen and oxygen atoms in total. The van der Waals surface area contributed by atoms with Crippen LogP contribution in [-0.2, 0) is 0 Å². The fourth-order valence-corrected chi connectivity index (χ4v) is 4.88. The highest BCUT2D eigenvalue weighted by atomic mass is 14.4. The maximum Gasteiger partial charge on any atom is 0.0369 e. The van der Waals surface area contributed by atoms with Crippen LogP contribution in [0.2, 0.25) is 0 Å². The van der Waals surface area contributed by atoms with Gasteiger partial charge >= 0.3 is 0 Å². The molecule has 25 heavy (non-hydrogen) atoms. The number of hydrogen-bond donors (Lipinski definition) is 0. The van der Waals surface area contributed by atoms with E-state index >= 15 is 0 Å². The smallest absolute Gasteiger partial charge is 0.0369 e. The average Bonchev–Trinajstić information content (AvgIpc) is 3.12. The standard InChI is InChI=1S/C25H22/c1-16-20-14-9-15-21-17(2)23(19-12-7-4-8-13-19)25(24(20)21)22(16)18-10-5-3-6-11-18/h3,5-7,9-15,25H,4,8H2,1-2H3/t25-/m1/s1. The molecule has 0 N–H and O–H groups in total. The van der Waals surface area contributed by atoms with E-state index in [0.29, 0.717) is 5.92 Å². The Hall–Kier alpha value is -2.60. The molecule has 3 aliphatic rings. The summed E-state index contributed by atoms with van der Waals surface area (Å²) in [5.41, 5.74) is 13.1. The van der Waals surface area contributed by atoms with Crippen molar-refractivity contribution in [2.24, 2.45) is 0 Å². The molecule has 0 aliphatic heterocycles. The van der Waals surface area contributed by atoms with Gasteiger partial charge in [-0.05, 0) is 76.8 Å². The highest BCUT2D eigenvalue weighted by Crippen LogP contribution is 2.59. The number of rotatable bonds is 2. The van der Waals surface area contributed by atoms with Crippen LogP contribution >= 0.6 is 0 Å². The molecule has 0 unspecified atom stereocenters. The summed E-state index contributed by atoms with van der Waals surface area (Å²) in [4.78, 5) is 0. The summed E-state index contributed by atoms with van der Waals surface area (Å²) in [6, 6.07) is 17.8. The molecule has 5 rings (SSSR count). The normalized spacial score (nSPS) is 21.0. The topological polar surface area (TPSA) is 0 Å². The van der Waals surface area contributed by atoms with Crippen molar-refractivity contribution in [3.05, 3.63) is 100 Å². The van der Waals surface area contributed by atoms with Gasteiger partial charge in [-0.15, -0.1) is 0 Å². The first kappa shape index (κ1) is 14.7. The highest BCUT2D eigenvalue weighted by molar-refractivity contribution is 6.06. The SMILES string of the molecule is CC1=C(C2=CCCC=C2)[C@H]2C(c3ccccc3)=C(C)c3cccc1c32. The lowest BCUT2D eigenvalue weighted by atomic mass is 9.82. The van der Waals surface area contributed by atoms with E-state index < -0.39 is 0 Å². The first-order chi connectivity index (χ1) is 12.3. The Morgan fingerprint density at radius 1 is 0.760 bits per heavy atom. The summed E-state index contributed by atoms with van der Waals surface area (Å²) in [6.07, 6.45) is 9.42. The van der Waals surface area contributed by atoms with Gasteiger partial charge in [-0.25, -0.2) is 0 Å². The maximum absolute atomic E-state index is 2.43. The van der Waals surface area contributed by atoms with Gasteiger partial charge in [-0.1, -0.05) is 66.8 Å². The highest BCUT2D eigenvalue weighted by Gasteiger charge is 2.40. The van der Waals surface area contributed by atoms with Crippen molar-refractivity contribution in [2.45, 2.75) is 32.6 Å². The quantitative estimate of drug-likeness (QED) is 0.572. The third-order valence-corrected chi connectivity index (χ3v) is 5.98. The Bertz CT molecular complexity index is 994. The van der Waals surface area contributed by atoms with E-state index in [0.717, 1.165) is 6.42 Å². The van der Waals surface area contributed by atoms with Gasteiger partial charge in [0.15, 0.2) is 0 Å². The third-order valence-electron chi connectivity index (χ3n) is 5.98. The Balaban J connectivity index is 1.78. The summed E-state index contributed by atoms with van der Waals surface area (Å²) in [5.74, 6) is 0.391. The van der Waals surface area contributed by atoms with Crippen molar-refractivity contribution in [3.63, 3.8) is 0 Å². The molecule has 0 fully saturated rings. The monoisotopic (exact) mass is 322 g/mol. The molecule has 0 heteroatoms. The molecular formula is C25H22. The van der Waals surface area contributed by atoms with E-state index in [1.165, 1.54) is 56.5 Å². The van der Waals surface area contributed by atoms with Crippen molar-refractivity contribution in [1.29, 1.82) is 0 Å². The average molecular weight is 322 g/mol. The predicted octanol–water partition coefficient (Wildman–Crippen LogP) is 6.78. The molecule has 0 amide bonds. The van der Waals surface area contributed by atoms with Crippen LogP contribution in [0, 0.1) is 0 Å². The van der Waals surface area contributed by atoms with Crippen LogP contribution in [0.5, 0.6) is 0 Å². The van der Waals surface area contributed by atoms with Crippen molar-refractivity contribution < 1.29 is 0 Å². The first-order valence-electron chi connectivity index (χ1n) is 9.25. The molecular weight excluding hydrogens is 300 g/mol. The summed E-state index contributed by atoms with van der Waals surface area (Å²) in [5, 5.41) is 0. The van der Waals surface area contributed by atoms with Crippen LogP contribution in [0.15, 0.2) is 77.9 Å². The summed E-state index contributed by atoms with van der Waals surface area (Å²) < 4.78 is 0. The zero-order valence-electron chi connectivity index (χ0n) is 14.8. The first-order valence-corrected chi connectivity index (χ1v) is 9.25. The molecule has 0 heterocycles. The van der Waals surface area contributed by atoms with E-state index in [1.54, 1.807) is 0 Å². The molecule has 1 atom stereocenters. The second kappa shape index (κ2) is 5.46. The molecule has 0 saturated carbocycles. The Kier molecular flexibility index (Phi) is 3.21. The van der Waals surface area contributed by atoms with E-state index in [4.69, 9.17) is 0 Å². The number of hydrogen-bond acceptors (Lipinski definition) is 0. The van der Waals surface area contributed by atoms with Gasteiger partial charge in [0, 0.05) is 5.92 Å². The lowest BCUT2D eigenvalue weighted by molar-refractivity contribution is 0.997. The molecule has 2 aromatic rings. The Morgan fingerprint density at radius 3 is 2.16 bits per heavy atom. The number of allylic oxidation sites excluding steroid dienone is 8. The summed E-state index contributed by atoms with van der Waals surface area (Å²) >= 11 is 0. The van der Waals surface area contributed by atoms with E-state index in [-0.39, 0.29) is 0 Å². The van der Waals surface area contributed by atoms with E-state index in [9.17, 15) is 0 Å². The van der Waals surface area contributed by atoms with E-state index in [1.807, 2.05) is 0 Å². The van der Waals surface area contributed by atoms with Gasteiger partial charge in [0.1, 0.15) is 0 Å². The molecule has 0 aromatic heterocycles. The predicted molar refractivity (Wildman–Crippen MR) is 107 cm³/mol. The van der Waals surface area contributed by atoms with Crippen molar-refractivity contribution in [3.8, 4) is 0 Å². The molecule has 0 saturated heterocycles. The zero-order chi connectivity index (χ0) is 17.0. The largest absolute Gasteiger partial charge is 0.0836 e. The minimum Gasteiger partial charge on any atom is -0.0836 e. The fraction of sp³-hybridized carbons (Fsp3) is 0.200. The van der Waals surface area contributed by atoms with Crippen molar-refractivity contribution in [1.82, 2.24) is 0 Å². The van der Waals surface area contributed by atoms with Crippen LogP contribution < -0.4 is 0 Å². The lowest BCUT2D eigenvalue weighted by Gasteiger charge is -2.20.